The Labute approximate surface area is 143 Å². The first-order chi connectivity index (χ1) is 11.7. The fraction of sp³-hybridized carbons (Fsp3) is 0.500. The molecule has 126 valence electrons. The number of amides is 2. The zero-order valence-corrected chi connectivity index (χ0v) is 14.1. The van der Waals surface area contributed by atoms with Crippen LogP contribution in [0.4, 0.5) is 9.93 Å². The van der Waals surface area contributed by atoms with Crippen LogP contribution in [0, 0.1) is 5.92 Å². The highest BCUT2D eigenvalue weighted by Gasteiger charge is 2.31. The second-order valence-electron chi connectivity index (χ2n) is 6.38. The Morgan fingerprint density at radius 2 is 2.17 bits per heavy atom. The number of likely N-dealkylation sites (tertiary alicyclic amines) is 1. The Balaban J connectivity index is 1.35. The van der Waals surface area contributed by atoms with E-state index in [9.17, 15) is 9.59 Å². The van der Waals surface area contributed by atoms with Crippen LogP contribution in [0.1, 0.15) is 24.1 Å². The molecule has 1 fully saturated rings. The molecule has 8 heteroatoms. The van der Waals surface area contributed by atoms with Gasteiger partial charge in [0.25, 0.3) is 5.56 Å². The van der Waals surface area contributed by atoms with Gasteiger partial charge in [-0.1, -0.05) is 0 Å². The predicted octanol–water partition coefficient (Wildman–Crippen LogP) is 1.74. The molecule has 0 unspecified atom stereocenters. The summed E-state index contributed by atoms with van der Waals surface area (Å²) in [5.74, 6) is 0.277. The molecule has 4 rings (SSSR count). The molecular formula is C16H19N5O2S. The number of aryl methyl sites for hydroxylation is 2. The van der Waals surface area contributed by atoms with E-state index in [-0.39, 0.29) is 17.5 Å². The zero-order valence-electron chi connectivity index (χ0n) is 13.3. The second-order valence-corrected chi connectivity index (χ2v) is 7.28. The zero-order chi connectivity index (χ0) is 16.5. The molecule has 0 atom stereocenters. The largest absolute Gasteiger partial charge is 0.324 e. The summed E-state index contributed by atoms with van der Waals surface area (Å²) < 4.78 is 1.57. The van der Waals surface area contributed by atoms with E-state index >= 15 is 0 Å². The predicted molar refractivity (Wildman–Crippen MR) is 91.3 cm³/mol. The van der Waals surface area contributed by atoms with Gasteiger partial charge in [-0.25, -0.2) is 14.5 Å². The highest BCUT2D eigenvalue weighted by molar-refractivity contribution is 7.13. The van der Waals surface area contributed by atoms with E-state index in [4.69, 9.17) is 0 Å². The highest BCUT2D eigenvalue weighted by Crippen LogP contribution is 2.21. The van der Waals surface area contributed by atoms with Gasteiger partial charge in [0.1, 0.15) is 0 Å². The maximum Gasteiger partial charge on any atom is 0.323 e. The van der Waals surface area contributed by atoms with Crippen LogP contribution in [-0.2, 0) is 19.4 Å². The summed E-state index contributed by atoms with van der Waals surface area (Å²) in [7, 11) is 0. The minimum atomic E-state index is -0.132. The molecule has 2 aromatic rings. The molecule has 1 aliphatic heterocycles. The Bertz CT molecular complexity index is 795. The van der Waals surface area contributed by atoms with Gasteiger partial charge in [-0.05, 0) is 31.2 Å². The summed E-state index contributed by atoms with van der Waals surface area (Å²) in [6.45, 7) is 1.86. The summed E-state index contributed by atoms with van der Waals surface area (Å²) in [4.78, 5) is 30.0. The van der Waals surface area contributed by atoms with Crippen LogP contribution >= 0.6 is 11.3 Å². The molecule has 0 spiro atoms. The molecule has 3 heterocycles. The third-order valence-corrected chi connectivity index (χ3v) is 5.28. The molecule has 1 aliphatic carbocycles. The van der Waals surface area contributed by atoms with Crippen molar-refractivity contribution in [2.45, 2.75) is 32.2 Å². The standard InChI is InChI=1S/C16H19N5O2S/c22-14-7-12-3-1-2-4-13(12)19-21(14)10-11-8-20(9-11)16(23)18-15-17-5-6-24-15/h5-7,11H,1-4,8-10H2,(H,17,18,23). The molecule has 0 aromatic carbocycles. The minimum absolute atomic E-state index is 0.0265. The smallest absolute Gasteiger partial charge is 0.323 e. The van der Waals surface area contributed by atoms with E-state index in [1.807, 2.05) is 5.38 Å². The Kier molecular flexibility index (Phi) is 4.05. The van der Waals surface area contributed by atoms with Crippen LogP contribution in [0.5, 0.6) is 0 Å². The van der Waals surface area contributed by atoms with E-state index in [1.165, 1.54) is 11.3 Å². The summed E-state index contributed by atoms with van der Waals surface area (Å²) >= 11 is 1.40. The molecule has 0 bridgehead atoms. The molecule has 1 N–H and O–H groups in total. The molecule has 1 saturated heterocycles. The fourth-order valence-corrected chi connectivity index (χ4v) is 3.80. The number of nitrogens with zero attached hydrogens (tertiary/aromatic N) is 4. The Morgan fingerprint density at radius 3 is 2.96 bits per heavy atom. The third-order valence-electron chi connectivity index (χ3n) is 4.60. The molecule has 0 saturated carbocycles. The maximum atomic E-state index is 12.2. The number of carbonyl (C=O) groups is 1. The average molecular weight is 345 g/mol. The van der Waals surface area contributed by atoms with Crippen molar-refractivity contribution in [3.8, 4) is 0 Å². The number of rotatable bonds is 3. The van der Waals surface area contributed by atoms with Crippen LogP contribution in [0.2, 0.25) is 0 Å². The van der Waals surface area contributed by atoms with Gasteiger partial charge in [0, 0.05) is 36.7 Å². The Morgan fingerprint density at radius 1 is 1.33 bits per heavy atom. The normalized spacial score (nSPS) is 17.2. The number of nitrogens with one attached hydrogen (secondary N) is 1. The van der Waals surface area contributed by atoms with E-state index in [0.717, 1.165) is 36.9 Å². The number of fused-ring (bicyclic) bond motifs is 1. The monoisotopic (exact) mass is 345 g/mol. The first kappa shape index (κ1) is 15.3. The number of anilines is 1. The fourth-order valence-electron chi connectivity index (χ4n) is 3.28. The van der Waals surface area contributed by atoms with Gasteiger partial charge >= 0.3 is 6.03 Å². The third kappa shape index (κ3) is 3.06. The van der Waals surface area contributed by atoms with E-state index < -0.39 is 0 Å². The number of urea groups is 1. The lowest BCUT2D eigenvalue weighted by atomic mass is 9.97. The number of hydrogen-bond acceptors (Lipinski definition) is 5. The lowest BCUT2D eigenvalue weighted by molar-refractivity contribution is 0.116. The van der Waals surface area contributed by atoms with Crippen molar-refractivity contribution in [1.82, 2.24) is 19.7 Å². The van der Waals surface area contributed by atoms with Crippen molar-refractivity contribution in [1.29, 1.82) is 0 Å². The Hall–Kier alpha value is -2.22. The van der Waals surface area contributed by atoms with Gasteiger partial charge < -0.3 is 4.90 Å². The van der Waals surface area contributed by atoms with Crippen molar-refractivity contribution < 1.29 is 4.79 Å². The minimum Gasteiger partial charge on any atom is -0.324 e. The van der Waals surface area contributed by atoms with Gasteiger partial charge in [-0.15, -0.1) is 11.3 Å². The quantitative estimate of drug-likeness (QED) is 0.919. The lowest BCUT2D eigenvalue weighted by Crippen LogP contribution is -2.53. The number of hydrogen-bond donors (Lipinski definition) is 1. The van der Waals surface area contributed by atoms with E-state index in [2.05, 4.69) is 15.4 Å². The van der Waals surface area contributed by atoms with Crippen molar-refractivity contribution in [3.63, 3.8) is 0 Å². The van der Waals surface area contributed by atoms with Crippen LogP contribution in [0.3, 0.4) is 0 Å². The first-order valence-electron chi connectivity index (χ1n) is 8.24. The number of carbonyl (C=O) groups excluding carboxylic acids is 1. The van der Waals surface area contributed by atoms with Crippen LogP contribution < -0.4 is 10.9 Å². The molecule has 2 amide bonds. The molecule has 0 radical (unpaired) electrons. The second kappa shape index (κ2) is 6.35. The van der Waals surface area contributed by atoms with Gasteiger partial charge in [-0.3, -0.25) is 10.1 Å². The average Bonchev–Trinajstić information content (AvgIpc) is 3.03. The van der Waals surface area contributed by atoms with Crippen molar-refractivity contribution >= 4 is 22.5 Å². The molecule has 2 aliphatic rings. The maximum absolute atomic E-state index is 12.2. The lowest BCUT2D eigenvalue weighted by Gasteiger charge is -2.38. The highest BCUT2D eigenvalue weighted by atomic mass is 32.1. The van der Waals surface area contributed by atoms with Crippen LogP contribution in [-0.4, -0.2) is 38.8 Å². The molecular weight excluding hydrogens is 326 g/mol. The van der Waals surface area contributed by atoms with E-state index in [0.29, 0.717) is 24.8 Å². The SMILES string of the molecule is O=C(Nc1nccs1)N1CC(Cn2nc3c(cc2=O)CCCC3)C1. The van der Waals surface area contributed by atoms with Crippen LogP contribution in [0.25, 0.3) is 0 Å². The van der Waals surface area contributed by atoms with Gasteiger partial charge in [0.2, 0.25) is 0 Å². The molecule has 2 aromatic heterocycles. The number of aromatic nitrogens is 3. The van der Waals surface area contributed by atoms with E-state index in [1.54, 1.807) is 21.8 Å². The van der Waals surface area contributed by atoms with Gasteiger partial charge in [-0.2, -0.15) is 5.10 Å². The van der Waals surface area contributed by atoms with Crippen LogP contribution in [0.15, 0.2) is 22.4 Å². The summed E-state index contributed by atoms with van der Waals surface area (Å²) in [5.41, 5.74) is 2.15. The summed E-state index contributed by atoms with van der Waals surface area (Å²) in [5, 5.41) is 9.74. The number of thiazole rings is 1. The summed E-state index contributed by atoms with van der Waals surface area (Å²) in [6, 6.07) is 1.61. The first-order valence-corrected chi connectivity index (χ1v) is 9.12. The van der Waals surface area contributed by atoms with Crippen molar-refractivity contribution in [2.75, 3.05) is 18.4 Å². The molecule has 7 nitrogen and oxygen atoms in total. The summed E-state index contributed by atoms with van der Waals surface area (Å²) in [6.07, 6.45) is 5.87. The molecule has 24 heavy (non-hydrogen) atoms. The van der Waals surface area contributed by atoms with Crippen molar-refractivity contribution in [2.24, 2.45) is 5.92 Å². The topological polar surface area (TPSA) is 80.1 Å². The van der Waals surface area contributed by atoms with Gasteiger partial charge in [0.15, 0.2) is 5.13 Å². The van der Waals surface area contributed by atoms with Crippen molar-refractivity contribution in [3.05, 3.63) is 39.3 Å². The van der Waals surface area contributed by atoms with Gasteiger partial charge in [0.05, 0.1) is 12.2 Å².